The van der Waals surface area contributed by atoms with Gasteiger partial charge in [0.1, 0.15) is 0 Å². The van der Waals surface area contributed by atoms with Gasteiger partial charge in [-0.1, -0.05) is 23.7 Å². The molecule has 0 aliphatic carbocycles. The van der Waals surface area contributed by atoms with Crippen LogP contribution in [-0.4, -0.2) is 9.55 Å². The van der Waals surface area contributed by atoms with E-state index in [4.69, 9.17) is 11.6 Å². The first-order valence-corrected chi connectivity index (χ1v) is 5.90. The molecule has 0 atom stereocenters. The number of benzene rings is 1. The Hall–Kier alpha value is -1.42. The minimum absolute atomic E-state index is 0.213. The van der Waals surface area contributed by atoms with Crippen LogP contribution in [0.1, 0.15) is 24.0 Å². The van der Waals surface area contributed by atoms with Crippen molar-refractivity contribution in [2.75, 3.05) is 0 Å². The molecule has 5 heteroatoms. The van der Waals surface area contributed by atoms with Gasteiger partial charge in [-0.2, -0.15) is 8.78 Å². The molecule has 2 rings (SSSR count). The Morgan fingerprint density at radius 1 is 1.28 bits per heavy atom. The molecule has 1 aromatic carbocycles. The quantitative estimate of drug-likeness (QED) is 0.824. The first-order chi connectivity index (χ1) is 8.36. The van der Waals surface area contributed by atoms with Crippen LogP contribution >= 0.6 is 11.6 Å². The van der Waals surface area contributed by atoms with Gasteiger partial charge in [-0.25, -0.2) is 4.98 Å². The van der Waals surface area contributed by atoms with Crippen LogP contribution in [0.3, 0.4) is 0 Å². The lowest BCUT2D eigenvalue weighted by Gasteiger charge is -2.13. The summed E-state index contributed by atoms with van der Waals surface area (Å²) in [4.78, 5) is 3.88. The molecule has 0 aliphatic rings. The molecular weight excluding hydrogens is 258 g/mol. The summed E-state index contributed by atoms with van der Waals surface area (Å²) in [5, 5.41) is 0.626. The van der Waals surface area contributed by atoms with Gasteiger partial charge in [0.15, 0.2) is 5.82 Å². The fourth-order valence-electron chi connectivity index (χ4n) is 1.80. The second-order valence-corrected chi connectivity index (χ2v) is 4.79. The first kappa shape index (κ1) is 13.0. The molecule has 96 valence electrons. The normalized spacial score (nSPS) is 11.8. The van der Waals surface area contributed by atoms with Crippen molar-refractivity contribution >= 4 is 11.6 Å². The minimum Gasteiger partial charge on any atom is -0.325 e. The van der Waals surface area contributed by atoms with E-state index in [-0.39, 0.29) is 5.82 Å². The molecule has 0 N–H and O–H groups in total. The van der Waals surface area contributed by atoms with Crippen LogP contribution in [0.2, 0.25) is 5.02 Å². The summed E-state index contributed by atoms with van der Waals surface area (Å²) >= 11 is 5.78. The van der Waals surface area contributed by atoms with E-state index in [0.29, 0.717) is 17.3 Å². The Bertz CT molecular complexity index is 541. The van der Waals surface area contributed by atoms with Crippen molar-refractivity contribution in [3.8, 4) is 0 Å². The first-order valence-electron chi connectivity index (χ1n) is 5.53. The highest BCUT2D eigenvalue weighted by atomic mass is 35.5. The largest absolute Gasteiger partial charge is 0.325 e. The van der Waals surface area contributed by atoms with E-state index in [1.165, 1.54) is 4.57 Å². The molecule has 2 aromatic rings. The fourth-order valence-corrected chi connectivity index (χ4v) is 1.93. The van der Waals surface area contributed by atoms with Crippen molar-refractivity contribution in [3.63, 3.8) is 0 Å². The lowest BCUT2D eigenvalue weighted by atomic mass is 10.2. The van der Waals surface area contributed by atoms with Crippen LogP contribution < -0.4 is 0 Å². The fraction of sp³-hybridized carbons (Fsp3) is 0.308. The van der Waals surface area contributed by atoms with E-state index in [2.05, 4.69) is 4.98 Å². The third kappa shape index (κ3) is 2.88. The molecule has 0 fully saturated rings. The van der Waals surface area contributed by atoms with Crippen LogP contribution in [0.4, 0.5) is 8.78 Å². The van der Waals surface area contributed by atoms with Crippen LogP contribution in [0.5, 0.6) is 0 Å². The standard InChI is InChI=1S/C13H13ClF2N2/c1-9-7-18(12(17-9)13(2,15)16)8-10-3-5-11(14)6-4-10/h3-7H,8H2,1-2H3. The van der Waals surface area contributed by atoms with Gasteiger partial charge >= 0.3 is 5.92 Å². The molecular formula is C13H13ClF2N2. The van der Waals surface area contributed by atoms with Crippen molar-refractivity contribution < 1.29 is 8.78 Å². The van der Waals surface area contributed by atoms with Gasteiger partial charge in [0, 0.05) is 24.7 Å². The number of aromatic nitrogens is 2. The highest BCUT2D eigenvalue weighted by Gasteiger charge is 2.30. The van der Waals surface area contributed by atoms with Crippen molar-refractivity contribution in [1.82, 2.24) is 9.55 Å². The third-order valence-electron chi connectivity index (χ3n) is 2.56. The van der Waals surface area contributed by atoms with Crippen molar-refractivity contribution in [1.29, 1.82) is 0 Å². The summed E-state index contributed by atoms with van der Waals surface area (Å²) < 4.78 is 28.3. The van der Waals surface area contributed by atoms with E-state index >= 15 is 0 Å². The minimum atomic E-state index is -2.94. The van der Waals surface area contributed by atoms with Crippen molar-refractivity contribution in [2.45, 2.75) is 26.3 Å². The molecule has 1 heterocycles. The van der Waals surface area contributed by atoms with E-state index in [9.17, 15) is 8.78 Å². The Morgan fingerprint density at radius 3 is 2.44 bits per heavy atom. The molecule has 0 spiro atoms. The highest BCUT2D eigenvalue weighted by Crippen LogP contribution is 2.26. The molecule has 2 nitrogen and oxygen atoms in total. The SMILES string of the molecule is Cc1cn(Cc2ccc(Cl)cc2)c(C(C)(F)F)n1. The number of aryl methyl sites for hydroxylation is 1. The highest BCUT2D eigenvalue weighted by molar-refractivity contribution is 6.30. The van der Waals surface area contributed by atoms with E-state index in [1.54, 1.807) is 25.3 Å². The van der Waals surface area contributed by atoms with E-state index < -0.39 is 5.92 Å². The van der Waals surface area contributed by atoms with Crippen molar-refractivity contribution in [3.05, 3.63) is 52.6 Å². The smallest absolute Gasteiger partial charge is 0.302 e. The second-order valence-electron chi connectivity index (χ2n) is 4.35. The summed E-state index contributed by atoms with van der Waals surface area (Å²) in [5.74, 6) is -3.16. The van der Waals surface area contributed by atoms with Crippen LogP contribution in [0, 0.1) is 6.92 Å². The van der Waals surface area contributed by atoms with Crippen LogP contribution in [0.15, 0.2) is 30.5 Å². The summed E-state index contributed by atoms with van der Waals surface area (Å²) in [6, 6.07) is 7.11. The molecule has 0 aliphatic heterocycles. The molecule has 0 amide bonds. The lowest BCUT2D eigenvalue weighted by Crippen LogP contribution is -2.16. The molecule has 18 heavy (non-hydrogen) atoms. The topological polar surface area (TPSA) is 17.8 Å². The van der Waals surface area contributed by atoms with E-state index in [1.807, 2.05) is 12.1 Å². The molecule has 0 saturated carbocycles. The van der Waals surface area contributed by atoms with Gasteiger partial charge in [-0.3, -0.25) is 0 Å². The Kier molecular flexibility index (Phi) is 3.39. The zero-order valence-corrected chi connectivity index (χ0v) is 10.9. The number of hydrogen-bond donors (Lipinski definition) is 0. The number of alkyl halides is 2. The maximum absolute atomic E-state index is 13.4. The molecule has 0 bridgehead atoms. The Morgan fingerprint density at radius 2 is 1.89 bits per heavy atom. The summed E-state index contributed by atoms with van der Waals surface area (Å²) in [7, 11) is 0. The zero-order valence-electron chi connectivity index (χ0n) is 10.1. The van der Waals surface area contributed by atoms with Gasteiger partial charge in [-0.15, -0.1) is 0 Å². The molecule has 0 saturated heterocycles. The van der Waals surface area contributed by atoms with Gasteiger partial charge in [-0.05, 0) is 24.6 Å². The van der Waals surface area contributed by atoms with Gasteiger partial charge < -0.3 is 4.57 Å². The van der Waals surface area contributed by atoms with E-state index in [0.717, 1.165) is 12.5 Å². The summed E-state index contributed by atoms with van der Waals surface area (Å²) in [5.41, 5.74) is 1.49. The van der Waals surface area contributed by atoms with Crippen LogP contribution in [0.25, 0.3) is 0 Å². The Balaban J connectivity index is 2.31. The number of imidazole rings is 1. The van der Waals surface area contributed by atoms with Crippen LogP contribution in [-0.2, 0) is 12.5 Å². The molecule has 1 aromatic heterocycles. The maximum Gasteiger partial charge on any atom is 0.302 e. The average Bonchev–Trinajstić information content (AvgIpc) is 2.63. The number of nitrogens with zero attached hydrogens (tertiary/aromatic N) is 2. The summed E-state index contributed by atoms with van der Waals surface area (Å²) in [6.45, 7) is 2.91. The Labute approximate surface area is 109 Å². The average molecular weight is 271 g/mol. The molecule has 0 unspecified atom stereocenters. The van der Waals surface area contributed by atoms with Gasteiger partial charge in [0.05, 0.1) is 5.69 Å². The third-order valence-corrected chi connectivity index (χ3v) is 2.81. The molecule has 0 radical (unpaired) electrons. The second kappa shape index (κ2) is 4.69. The zero-order chi connectivity index (χ0) is 13.3. The predicted octanol–water partition coefficient (Wildman–Crippen LogP) is 4.00. The number of halogens is 3. The van der Waals surface area contributed by atoms with Gasteiger partial charge in [0.25, 0.3) is 0 Å². The lowest BCUT2D eigenvalue weighted by molar-refractivity contribution is 0.00441. The number of hydrogen-bond acceptors (Lipinski definition) is 1. The number of rotatable bonds is 3. The monoisotopic (exact) mass is 270 g/mol. The summed E-state index contributed by atoms with van der Waals surface area (Å²) in [6.07, 6.45) is 1.63. The van der Waals surface area contributed by atoms with Crippen molar-refractivity contribution in [2.24, 2.45) is 0 Å². The predicted molar refractivity (Wildman–Crippen MR) is 67.1 cm³/mol. The maximum atomic E-state index is 13.4. The van der Waals surface area contributed by atoms with Gasteiger partial charge in [0.2, 0.25) is 0 Å².